The first-order chi connectivity index (χ1) is 7.65. The van der Waals surface area contributed by atoms with Gasteiger partial charge in [0.1, 0.15) is 0 Å². The molecule has 1 aromatic rings. The van der Waals surface area contributed by atoms with Crippen molar-refractivity contribution in [2.75, 3.05) is 0 Å². The summed E-state index contributed by atoms with van der Waals surface area (Å²) in [6.07, 6.45) is 6.64. The zero-order valence-electron chi connectivity index (χ0n) is 10.2. The molecule has 0 radical (unpaired) electrons. The van der Waals surface area contributed by atoms with Crippen LogP contribution in [0.3, 0.4) is 0 Å². The van der Waals surface area contributed by atoms with E-state index in [1.54, 1.807) is 0 Å². The molecule has 1 aliphatic rings. The third-order valence-corrected chi connectivity index (χ3v) is 3.67. The highest BCUT2D eigenvalue weighted by Crippen LogP contribution is 2.38. The molecule has 0 amide bonds. The van der Waals surface area contributed by atoms with Crippen molar-refractivity contribution in [3.05, 3.63) is 17.5 Å². The summed E-state index contributed by atoms with van der Waals surface area (Å²) in [6, 6.07) is 4.67. The molecule has 0 atom stereocenters. The average molecular weight is 217 g/mol. The summed E-state index contributed by atoms with van der Waals surface area (Å²) >= 11 is 0. The number of nitrogens with zero attached hydrogens (tertiary/aromatic N) is 3. The van der Waals surface area contributed by atoms with Crippen LogP contribution < -0.4 is 0 Å². The maximum absolute atomic E-state index is 9.42. The summed E-state index contributed by atoms with van der Waals surface area (Å²) in [5, 5.41) is 13.8. The lowest BCUT2D eigenvalue weighted by atomic mass is 9.72. The first-order valence-electron chi connectivity index (χ1n) is 6.06. The Hall–Kier alpha value is -1.30. The van der Waals surface area contributed by atoms with Crippen molar-refractivity contribution in [3.63, 3.8) is 0 Å². The summed E-state index contributed by atoms with van der Waals surface area (Å²) in [6.45, 7) is 2.00. The fourth-order valence-corrected chi connectivity index (χ4v) is 2.73. The van der Waals surface area contributed by atoms with Gasteiger partial charge < -0.3 is 0 Å². The van der Waals surface area contributed by atoms with Crippen LogP contribution in [0.5, 0.6) is 0 Å². The molecule has 0 spiro atoms. The van der Waals surface area contributed by atoms with Crippen molar-refractivity contribution in [2.45, 2.75) is 45.4 Å². The van der Waals surface area contributed by atoms with Crippen LogP contribution in [0.15, 0.2) is 6.07 Å². The van der Waals surface area contributed by atoms with E-state index in [1.807, 2.05) is 18.7 Å². The third-order valence-electron chi connectivity index (χ3n) is 3.67. The maximum atomic E-state index is 9.42. The van der Waals surface area contributed by atoms with E-state index in [9.17, 15) is 5.26 Å². The Bertz CT molecular complexity index is 405. The molecule has 2 rings (SSSR count). The first-order valence-corrected chi connectivity index (χ1v) is 6.06. The van der Waals surface area contributed by atoms with Crippen LogP contribution in [0.25, 0.3) is 0 Å². The number of hydrogen-bond acceptors (Lipinski definition) is 2. The molecule has 0 N–H and O–H groups in total. The van der Waals surface area contributed by atoms with E-state index < -0.39 is 0 Å². The highest BCUT2D eigenvalue weighted by molar-refractivity contribution is 5.15. The first kappa shape index (κ1) is 11.2. The number of aryl methyl sites for hydroxylation is 2. The summed E-state index contributed by atoms with van der Waals surface area (Å²) in [5.41, 5.74) is 2.11. The summed E-state index contributed by atoms with van der Waals surface area (Å²) < 4.78 is 1.92. The smallest absolute Gasteiger partial charge is 0.0693 e. The van der Waals surface area contributed by atoms with Gasteiger partial charge in [0.05, 0.1) is 17.2 Å². The fourth-order valence-electron chi connectivity index (χ4n) is 2.73. The van der Waals surface area contributed by atoms with Crippen molar-refractivity contribution in [3.8, 4) is 6.07 Å². The van der Waals surface area contributed by atoms with Gasteiger partial charge in [0.25, 0.3) is 0 Å². The molecule has 1 fully saturated rings. The Morgan fingerprint density at radius 1 is 1.44 bits per heavy atom. The molecule has 0 saturated heterocycles. The zero-order chi connectivity index (χ0) is 11.6. The minimum Gasteiger partial charge on any atom is -0.272 e. The molecule has 1 saturated carbocycles. The van der Waals surface area contributed by atoms with Gasteiger partial charge in [-0.1, -0.05) is 19.3 Å². The van der Waals surface area contributed by atoms with E-state index in [4.69, 9.17) is 0 Å². The highest BCUT2D eigenvalue weighted by atomic mass is 15.3. The largest absolute Gasteiger partial charge is 0.272 e. The van der Waals surface area contributed by atoms with E-state index in [0.717, 1.165) is 25.0 Å². The van der Waals surface area contributed by atoms with Crippen LogP contribution in [-0.2, 0) is 13.5 Å². The van der Waals surface area contributed by atoms with Gasteiger partial charge in [0, 0.05) is 19.2 Å². The van der Waals surface area contributed by atoms with Crippen LogP contribution >= 0.6 is 0 Å². The summed E-state index contributed by atoms with van der Waals surface area (Å²) in [4.78, 5) is 0. The lowest BCUT2D eigenvalue weighted by Crippen LogP contribution is -2.25. The van der Waals surface area contributed by atoms with Gasteiger partial charge in [-0.15, -0.1) is 0 Å². The van der Waals surface area contributed by atoms with Crippen molar-refractivity contribution in [1.82, 2.24) is 9.78 Å². The topological polar surface area (TPSA) is 41.6 Å². The molecule has 86 valence electrons. The Kier molecular flexibility index (Phi) is 3.00. The number of aromatic nitrogens is 2. The normalized spacial score (nSPS) is 19.3. The van der Waals surface area contributed by atoms with E-state index in [2.05, 4.69) is 17.2 Å². The Balaban J connectivity index is 2.18. The van der Waals surface area contributed by atoms with Gasteiger partial charge >= 0.3 is 0 Å². The van der Waals surface area contributed by atoms with Gasteiger partial charge in [0.2, 0.25) is 0 Å². The summed E-state index contributed by atoms with van der Waals surface area (Å²) in [5.74, 6) is 0. The van der Waals surface area contributed by atoms with E-state index in [1.165, 1.54) is 25.0 Å². The maximum Gasteiger partial charge on any atom is 0.0693 e. The second-order valence-electron chi connectivity index (χ2n) is 5.03. The predicted octanol–water partition coefficient (Wildman–Crippen LogP) is 2.75. The molecule has 1 heterocycles. The monoisotopic (exact) mass is 217 g/mol. The Morgan fingerprint density at radius 3 is 2.62 bits per heavy atom. The molecular weight excluding hydrogens is 198 g/mol. The van der Waals surface area contributed by atoms with Crippen LogP contribution in [0, 0.1) is 23.7 Å². The van der Waals surface area contributed by atoms with Gasteiger partial charge in [-0.25, -0.2) is 0 Å². The zero-order valence-corrected chi connectivity index (χ0v) is 10.2. The van der Waals surface area contributed by atoms with Crippen LogP contribution in [0.2, 0.25) is 0 Å². The third kappa shape index (κ3) is 2.11. The number of hydrogen-bond donors (Lipinski definition) is 0. The standard InChI is InChI=1S/C13H19N3/c1-11-8-12(16(2)15-11)9-13(10-14)6-4-3-5-7-13/h8H,3-7,9H2,1-2H3. The van der Waals surface area contributed by atoms with Crippen LogP contribution in [-0.4, -0.2) is 9.78 Å². The van der Waals surface area contributed by atoms with Crippen LogP contribution in [0.4, 0.5) is 0 Å². The molecule has 3 heteroatoms. The molecule has 0 unspecified atom stereocenters. The number of nitriles is 1. The molecular formula is C13H19N3. The average Bonchev–Trinajstić information content (AvgIpc) is 2.59. The molecule has 1 aliphatic carbocycles. The van der Waals surface area contributed by atoms with E-state index >= 15 is 0 Å². The Labute approximate surface area is 97.1 Å². The lowest BCUT2D eigenvalue weighted by molar-refractivity contribution is 0.261. The van der Waals surface area contributed by atoms with Crippen molar-refractivity contribution in [2.24, 2.45) is 12.5 Å². The second kappa shape index (κ2) is 4.29. The molecule has 0 bridgehead atoms. The lowest BCUT2D eigenvalue weighted by Gasteiger charge is -2.30. The van der Waals surface area contributed by atoms with Crippen molar-refractivity contribution in [1.29, 1.82) is 5.26 Å². The Morgan fingerprint density at radius 2 is 2.12 bits per heavy atom. The molecule has 3 nitrogen and oxygen atoms in total. The van der Waals surface area contributed by atoms with Crippen LogP contribution in [0.1, 0.15) is 43.5 Å². The van der Waals surface area contributed by atoms with Crippen molar-refractivity contribution < 1.29 is 0 Å². The quantitative estimate of drug-likeness (QED) is 0.764. The molecule has 0 aromatic carbocycles. The second-order valence-corrected chi connectivity index (χ2v) is 5.03. The number of rotatable bonds is 2. The molecule has 16 heavy (non-hydrogen) atoms. The molecule has 1 aromatic heterocycles. The SMILES string of the molecule is Cc1cc(CC2(C#N)CCCCC2)n(C)n1. The van der Waals surface area contributed by atoms with Gasteiger partial charge in [-0.05, 0) is 25.8 Å². The predicted molar refractivity (Wildman–Crippen MR) is 62.8 cm³/mol. The minimum absolute atomic E-state index is 0.127. The molecule has 0 aliphatic heterocycles. The van der Waals surface area contributed by atoms with Gasteiger partial charge in [-0.3, -0.25) is 4.68 Å². The van der Waals surface area contributed by atoms with E-state index in [-0.39, 0.29) is 5.41 Å². The summed E-state index contributed by atoms with van der Waals surface area (Å²) in [7, 11) is 1.97. The minimum atomic E-state index is -0.127. The van der Waals surface area contributed by atoms with E-state index in [0.29, 0.717) is 0 Å². The van der Waals surface area contributed by atoms with Crippen molar-refractivity contribution >= 4 is 0 Å². The van der Waals surface area contributed by atoms with Gasteiger partial charge in [-0.2, -0.15) is 10.4 Å². The fraction of sp³-hybridized carbons (Fsp3) is 0.692. The highest BCUT2D eigenvalue weighted by Gasteiger charge is 2.33. The van der Waals surface area contributed by atoms with Gasteiger partial charge in [0.15, 0.2) is 0 Å².